The molecule has 0 aromatic heterocycles. The number of guanidine groups is 1. The maximum absolute atomic E-state index is 12.3. The summed E-state index contributed by atoms with van der Waals surface area (Å²) < 4.78 is 25.9. The molecule has 0 aliphatic heterocycles. The third kappa shape index (κ3) is 6.64. The SMILES string of the molecule is CCNC(=NCc1ccccc1S(=O)(=O)N(C)C)NC(C)C.I. The van der Waals surface area contributed by atoms with E-state index in [-0.39, 0.29) is 30.0 Å². The summed E-state index contributed by atoms with van der Waals surface area (Å²) >= 11 is 0. The standard InChI is InChI=1S/C15H26N4O2S.HI/c1-6-16-15(18-12(2)3)17-11-13-9-7-8-10-14(13)22(20,21)19(4)5;/h7-10,12H,6,11H2,1-5H3,(H2,16,17,18);1H. The summed E-state index contributed by atoms with van der Waals surface area (Å²) in [7, 11) is -0.412. The van der Waals surface area contributed by atoms with Crippen LogP contribution in [0.15, 0.2) is 34.2 Å². The molecule has 132 valence electrons. The van der Waals surface area contributed by atoms with E-state index in [0.717, 1.165) is 6.54 Å². The van der Waals surface area contributed by atoms with Gasteiger partial charge >= 0.3 is 0 Å². The van der Waals surface area contributed by atoms with Gasteiger partial charge in [0.1, 0.15) is 0 Å². The first kappa shape index (κ1) is 22.1. The normalized spacial score (nSPS) is 12.2. The number of nitrogens with one attached hydrogen (secondary N) is 2. The number of hydrogen-bond donors (Lipinski definition) is 2. The molecule has 0 radical (unpaired) electrons. The molecule has 23 heavy (non-hydrogen) atoms. The van der Waals surface area contributed by atoms with E-state index in [2.05, 4.69) is 15.6 Å². The van der Waals surface area contributed by atoms with Crippen molar-refractivity contribution in [3.8, 4) is 0 Å². The van der Waals surface area contributed by atoms with E-state index in [0.29, 0.717) is 23.0 Å². The minimum atomic E-state index is -3.47. The second-order valence-electron chi connectivity index (χ2n) is 5.39. The van der Waals surface area contributed by atoms with Gasteiger partial charge in [0, 0.05) is 26.7 Å². The van der Waals surface area contributed by atoms with Gasteiger partial charge in [-0.05, 0) is 32.4 Å². The van der Waals surface area contributed by atoms with Crippen LogP contribution in [-0.4, -0.2) is 45.4 Å². The lowest BCUT2D eigenvalue weighted by molar-refractivity contribution is 0.519. The summed E-state index contributed by atoms with van der Waals surface area (Å²) in [5.74, 6) is 0.676. The second-order valence-corrected chi connectivity index (χ2v) is 7.51. The van der Waals surface area contributed by atoms with Crippen molar-refractivity contribution in [1.82, 2.24) is 14.9 Å². The number of hydrogen-bond acceptors (Lipinski definition) is 3. The Morgan fingerprint density at radius 3 is 2.39 bits per heavy atom. The van der Waals surface area contributed by atoms with Gasteiger partial charge in [0.05, 0.1) is 11.4 Å². The van der Waals surface area contributed by atoms with E-state index in [1.54, 1.807) is 18.2 Å². The molecule has 0 heterocycles. The van der Waals surface area contributed by atoms with Crippen LogP contribution >= 0.6 is 24.0 Å². The Kier molecular flexibility index (Phi) is 9.71. The van der Waals surface area contributed by atoms with Crippen molar-refractivity contribution in [2.24, 2.45) is 4.99 Å². The van der Waals surface area contributed by atoms with Crippen LogP contribution < -0.4 is 10.6 Å². The maximum atomic E-state index is 12.3. The van der Waals surface area contributed by atoms with Crippen molar-refractivity contribution in [2.45, 2.75) is 38.3 Å². The summed E-state index contributed by atoms with van der Waals surface area (Å²) in [4.78, 5) is 4.76. The molecule has 2 N–H and O–H groups in total. The van der Waals surface area contributed by atoms with Gasteiger partial charge in [-0.25, -0.2) is 17.7 Å². The van der Waals surface area contributed by atoms with Gasteiger partial charge in [0.25, 0.3) is 0 Å². The van der Waals surface area contributed by atoms with Gasteiger partial charge in [0.15, 0.2) is 5.96 Å². The molecule has 0 saturated carbocycles. The van der Waals surface area contributed by atoms with Crippen molar-refractivity contribution in [1.29, 1.82) is 0 Å². The number of benzene rings is 1. The monoisotopic (exact) mass is 454 g/mol. The number of rotatable bonds is 6. The van der Waals surface area contributed by atoms with Crippen molar-refractivity contribution < 1.29 is 8.42 Å². The fraction of sp³-hybridized carbons (Fsp3) is 0.533. The molecular weight excluding hydrogens is 427 g/mol. The highest BCUT2D eigenvalue weighted by atomic mass is 127. The highest BCUT2D eigenvalue weighted by Crippen LogP contribution is 2.19. The Bertz CT molecular complexity index is 616. The lowest BCUT2D eigenvalue weighted by Gasteiger charge is -2.16. The summed E-state index contributed by atoms with van der Waals surface area (Å²) in [6.45, 7) is 7.08. The molecule has 0 fully saturated rings. The lowest BCUT2D eigenvalue weighted by Crippen LogP contribution is -2.41. The third-order valence-corrected chi connectivity index (χ3v) is 4.82. The first-order chi connectivity index (χ1) is 10.3. The van der Waals surface area contributed by atoms with Crippen molar-refractivity contribution in [3.05, 3.63) is 29.8 Å². The van der Waals surface area contributed by atoms with Crippen LogP contribution in [0.1, 0.15) is 26.3 Å². The topological polar surface area (TPSA) is 73.8 Å². The van der Waals surface area contributed by atoms with E-state index in [1.807, 2.05) is 26.8 Å². The quantitative estimate of drug-likeness (QED) is 0.392. The number of aliphatic imine (C=N–C) groups is 1. The molecule has 0 aliphatic carbocycles. The second kappa shape index (κ2) is 10.1. The predicted octanol–water partition coefficient (Wildman–Crippen LogP) is 2.02. The molecule has 0 amide bonds. The first-order valence-electron chi connectivity index (χ1n) is 7.34. The van der Waals surface area contributed by atoms with Gasteiger partial charge in [-0.1, -0.05) is 18.2 Å². The molecule has 0 aliphatic rings. The highest BCUT2D eigenvalue weighted by Gasteiger charge is 2.20. The van der Waals surface area contributed by atoms with E-state index >= 15 is 0 Å². The summed E-state index contributed by atoms with van der Waals surface area (Å²) in [6.07, 6.45) is 0. The van der Waals surface area contributed by atoms with E-state index in [9.17, 15) is 8.42 Å². The summed E-state index contributed by atoms with van der Waals surface area (Å²) in [5.41, 5.74) is 0.678. The van der Waals surface area contributed by atoms with Crippen LogP contribution in [0.25, 0.3) is 0 Å². The van der Waals surface area contributed by atoms with Crippen molar-refractivity contribution in [2.75, 3.05) is 20.6 Å². The Balaban J connectivity index is 0.00000484. The predicted molar refractivity (Wildman–Crippen MR) is 106 cm³/mol. The molecule has 0 saturated heterocycles. The Morgan fingerprint density at radius 1 is 1.26 bits per heavy atom. The molecule has 8 heteroatoms. The van der Waals surface area contributed by atoms with Crippen LogP contribution in [-0.2, 0) is 16.6 Å². The zero-order chi connectivity index (χ0) is 16.8. The van der Waals surface area contributed by atoms with Gasteiger partial charge in [-0.2, -0.15) is 0 Å². The molecule has 1 aromatic carbocycles. The van der Waals surface area contributed by atoms with Crippen LogP contribution in [0.5, 0.6) is 0 Å². The number of halogens is 1. The molecule has 0 atom stereocenters. The van der Waals surface area contributed by atoms with Gasteiger partial charge in [-0.3, -0.25) is 0 Å². The molecule has 0 unspecified atom stereocenters. The van der Waals surface area contributed by atoms with Gasteiger partial charge in [-0.15, -0.1) is 24.0 Å². The minimum Gasteiger partial charge on any atom is -0.357 e. The average molecular weight is 454 g/mol. The van der Waals surface area contributed by atoms with Crippen LogP contribution in [0.3, 0.4) is 0 Å². The zero-order valence-corrected chi connectivity index (χ0v) is 17.5. The number of nitrogens with zero attached hydrogens (tertiary/aromatic N) is 2. The average Bonchev–Trinajstić information content (AvgIpc) is 2.44. The van der Waals surface area contributed by atoms with Crippen molar-refractivity contribution in [3.63, 3.8) is 0 Å². The molecule has 1 rings (SSSR count). The van der Waals surface area contributed by atoms with E-state index < -0.39 is 10.0 Å². The fourth-order valence-corrected chi connectivity index (χ4v) is 2.95. The van der Waals surface area contributed by atoms with Crippen molar-refractivity contribution >= 4 is 40.0 Å². The Hall–Kier alpha value is -0.870. The Labute approximate surface area is 156 Å². The van der Waals surface area contributed by atoms with Crippen LogP contribution in [0, 0.1) is 0 Å². The van der Waals surface area contributed by atoms with E-state index in [4.69, 9.17) is 0 Å². The zero-order valence-electron chi connectivity index (χ0n) is 14.3. The van der Waals surface area contributed by atoms with Crippen LogP contribution in [0.2, 0.25) is 0 Å². The number of sulfonamides is 1. The molecule has 0 spiro atoms. The largest absolute Gasteiger partial charge is 0.357 e. The lowest BCUT2D eigenvalue weighted by atomic mass is 10.2. The van der Waals surface area contributed by atoms with Crippen LogP contribution in [0.4, 0.5) is 0 Å². The summed E-state index contributed by atoms with van der Waals surface area (Å²) in [6, 6.07) is 7.20. The molecule has 0 bridgehead atoms. The molecule has 6 nitrogen and oxygen atoms in total. The Morgan fingerprint density at radius 2 is 1.87 bits per heavy atom. The van der Waals surface area contributed by atoms with Gasteiger partial charge < -0.3 is 10.6 Å². The highest BCUT2D eigenvalue weighted by molar-refractivity contribution is 14.0. The van der Waals surface area contributed by atoms with Gasteiger partial charge in [0.2, 0.25) is 10.0 Å². The first-order valence-corrected chi connectivity index (χ1v) is 8.78. The third-order valence-electron chi connectivity index (χ3n) is 2.91. The minimum absolute atomic E-state index is 0. The fourth-order valence-electron chi connectivity index (χ4n) is 1.84. The molecular formula is C15H27IN4O2S. The summed E-state index contributed by atoms with van der Waals surface area (Å²) in [5, 5.41) is 6.36. The smallest absolute Gasteiger partial charge is 0.242 e. The molecule has 1 aromatic rings. The maximum Gasteiger partial charge on any atom is 0.242 e. The van der Waals surface area contributed by atoms with E-state index in [1.165, 1.54) is 18.4 Å².